The van der Waals surface area contributed by atoms with Gasteiger partial charge in [-0.05, 0) is 76.1 Å². The third-order valence-corrected chi connectivity index (χ3v) is 12.1. The number of rotatable bonds is 24. The van der Waals surface area contributed by atoms with Gasteiger partial charge < -0.3 is 44.0 Å². The highest BCUT2D eigenvalue weighted by molar-refractivity contribution is 7.86. The normalized spacial score (nSPS) is 18.6. The Morgan fingerprint density at radius 2 is 1.38 bits per heavy atom. The molecule has 0 aromatic heterocycles. The van der Waals surface area contributed by atoms with Crippen LogP contribution in [0.2, 0.25) is 0 Å². The first-order valence-electron chi connectivity index (χ1n) is 22.0. The number of likely N-dealkylation sites (N-methyl/N-ethyl adjacent to an activating group) is 1. The van der Waals surface area contributed by atoms with E-state index in [4.69, 9.17) is 32.6 Å². The van der Waals surface area contributed by atoms with Crippen LogP contribution in [0.1, 0.15) is 84.0 Å². The Labute approximate surface area is 379 Å². The van der Waals surface area contributed by atoms with Crippen molar-refractivity contribution < 1.29 is 60.2 Å². The second-order valence-electron chi connectivity index (χ2n) is 18.1. The maximum Gasteiger partial charge on any atom is 0.410 e. The van der Waals surface area contributed by atoms with E-state index >= 15 is 0 Å². The first-order chi connectivity index (χ1) is 30.2. The Morgan fingerprint density at radius 1 is 0.812 bits per heavy atom. The van der Waals surface area contributed by atoms with Gasteiger partial charge in [-0.25, -0.2) is 4.79 Å². The van der Waals surface area contributed by atoms with Crippen molar-refractivity contribution in [2.75, 3.05) is 79.7 Å². The number of fused-ring (bicyclic) bond motifs is 1. The first kappa shape index (κ1) is 52.5. The summed E-state index contributed by atoms with van der Waals surface area (Å²) in [7, 11) is -2.35. The van der Waals surface area contributed by atoms with E-state index in [0.29, 0.717) is 72.1 Å². The van der Waals surface area contributed by atoms with Crippen LogP contribution in [0.25, 0.3) is 0 Å². The van der Waals surface area contributed by atoms with Gasteiger partial charge in [-0.1, -0.05) is 62.7 Å². The van der Waals surface area contributed by atoms with Crippen molar-refractivity contribution >= 4 is 33.9 Å². The first-order valence-corrected chi connectivity index (χ1v) is 23.4. The van der Waals surface area contributed by atoms with Gasteiger partial charge in [0.05, 0.1) is 83.1 Å². The Hall–Kier alpha value is -4.17. The third-order valence-electron chi connectivity index (χ3n) is 10.8. The molecule has 1 fully saturated rings. The Balaban J connectivity index is 1.16. The minimum absolute atomic E-state index is 0.0951. The summed E-state index contributed by atoms with van der Waals surface area (Å²) in [4.78, 5) is 57.3. The lowest BCUT2D eigenvalue weighted by molar-refractivity contribution is -0.144. The molecule has 2 aromatic carbocycles. The highest BCUT2D eigenvalue weighted by atomic mass is 32.2. The molecule has 1 aliphatic carbocycles. The van der Waals surface area contributed by atoms with Gasteiger partial charge in [0, 0.05) is 20.0 Å². The molecule has 1 saturated heterocycles. The summed E-state index contributed by atoms with van der Waals surface area (Å²) in [5, 5.41) is 6.07. The highest BCUT2D eigenvalue weighted by Gasteiger charge is 2.44. The molecule has 2 aromatic rings. The van der Waals surface area contributed by atoms with Crippen molar-refractivity contribution in [3.8, 4) is 0 Å². The van der Waals surface area contributed by atoms with Crippen molar-refractivity contribution in [1.29, 1.82) is 0 Å². The highest BCUT2D eigenvalue weighted by Crippen LogP contribution is 2.34. The second-order valence-corrected chi connectivity index (χ2v) is 19.7. The second kappa shape index (κ2) is 24.4. The van der Waals surface area contributed by atoms with E-state index in [0.717, 1.165) is 16.7 Å². The quantitative estimate of drug-likeness (QED) is 0.112. The number of ether oxygens (including phenoxy) is 6. The maximum atomic E-state index is 14.2. The van der Waals surface area contributed by atoms with Crippen molar-refractivity contribution in [3.63, 3.8) is 0 Å². The predicted octanol–water partition coefficient (Wildman–Crippen LogP) is 4.34. The van der Waals surface area contributed by atoms with Crippen LogP contribution in [-0.4, -0.2) is 152 Å². The van der Waals surface area contributed by atoms with Gasteiger partial charge in [0.1, 0.15) is 23.7 Å². The number of benzene rings is 2. The topological polar surface area (TPSA) is 198 Å². The van der Waals surface area contributed by atoms with Crippen molar-refractivity contribution in [2.24, 2.45) is 5.41 Å². The van der Waals surface area contributed by atoms with E-state index < -0.39 is 57.3 Å². The lowest BCUT2D eigenvalue weighted by atomic mass is 9.85. The SMILES string of the molecule is Cc1ccc(S(=O)(=O)OCCOCCOCCOCCOCCO[C@@H]2Cc3ccccc3[C@@H]2NC(=O)[C@@H]2CCCN2C(=O)[C@@H](NC(=O)[C@H](C)N(C)C(=O)OC(C)(C)C)C(C)(C)C)cc1. The van der Waals surface area contributed by atoms with Gasteiger partial charge in [-0.3, -0.25) is 23.5 Å². The van der Waals surface area contributed by atoms with E-state index in [-0.39, 0.29) is 42.6 Å². The number of likely N-dealkylation sites (tertiary alicyclic amines) is 1. The summed E-state index contributed by atoms with van der Waals surface area (Å²) in [6.07, 6.45) is 0.686. The van der Waals surface area contributed by atoms with Gasteiger partial charge >= 0.3 is 6.09 Å². The van der Waals surface area contributed by atoms with Crippen LogP contribution in [0.3, 0.4) is 0 Å². The summed E-state index contributed by atoms with van der Waals surface area (Å²) in [6.45, 7) is 17.2. The largest absolute Gasteiger partial charge is 0.444 e. The number of amides is 4. The number of carbonyl (C=O) groups excluding carboxylic acids is 4. The van der Waals surface area contributed by atoms with Gasteiger partial charge in [-0.15, -0.1) is 0 Å². The van der Waals surface area contributed by atoms with E-state index in [2.05, 4.69) is 10.6 Å². The van der Waals surface area contributed by atoms with E-state index in [9.17, 15) is 27.6 Å². The minimum Gasteiger partial charge on any atom is -0.444 e. The molecule has 4 amide bonds. The molecule has 0 radical (unpaired) electrons. The number of carbonyl (C=O) groups is 4. The summed E-state index contributed by atoms with van der Waals surface area (Å²) < 4.78 is 63.4. The molecule has 0 unspecified atom stereocenters. The summed E-state index contributed by atoms with van der Waals surface area (Å²) in [5.41, 5.74) is 1.53. The molecule has 0 bridgehead atoms. The van der Waals surface area contributed by atoms with Crippen LogP contribution in [0.5, 0.6) is 0 Å². The minimum atomic E-state index is -3.82. The molecule has 5 atom stereocenters. The molecule has 1 aliphatic heterocycles. The van der Waals surface area contributed by atoms with Crippen molar-refractivity contribution in [1.82, 2.24) is 20.4 Å². The van der Waals surface area contributed by atoms with Gasteiger partial charge in [-0.2, -0.15) is 8.42 Å². The van der Waals surface area contributed by atoms with Crippen LogP contribution in [0.15, 0.2) is 53.4 Å². The van der Waals surface area contributed by atoms with Gasteiger partial charge in [0.15, 0.2) is 0 Å². The molecule has 2 aliphatic rings. The van der Waals surface area contributed by atoms with E-state index in [1.54, 1.807) is 44.7 Å². The summed E-state index contributed by atoms with van der Waals surface area (Å²) >= 11 is 0. The fourth-order valence-electron chi connectivity index (χ4n) is 7.18. The number of hydrogen-bond donors (Lipinski definition) is 2. The molecule has 2 N–H and O–H groups in total. The van der Waals surface area contributed by atoms with Crippen molar-refractivity contribution in [2.45, 2.75) is 115 Å². The number of nitrogens with one attached hydrogen (secondary N) is 2. The van der Waals surface area contributed by atoms with Crippen LogP contribution in [0.4, 0.5) is 4.79 Å². The lowest BCUT2D eigenvalue weighted by Gasteiger charge is -2.37. The summed E-state index contributed by atoms with van der Waals surface area (Å²) in [6, 6.07) is 11.2. The zero-order valence-electron chi connectivity index (χ0n) is 39.0. The molecule has 1 heterocycles. The predicted molar refractivity (Wildman–Crippen MR) is 238 cm³/mol. The molecule has 0 spiro atoms. The Morgan fingerprint density at radius 3 is 1.95 bits per heavy atom. The molecule has 18 heteroatoms. The number of nitrogens with zero attached hydrogens (tertiary/aromatic N) is 2. The Bertz CT molecular complexity index is 1930. The average Bonchev–Trinajstić information content (AvgIpc) is 3.86. The fraction of sp³-hybridized carbons (Fsp3) is 0.652. The van der Waals surface area contributed by atoms with Crippen molar-refractivity contribution in [3.05, 3.63) is 65.2 Å². The third kappa shape index (κ3) is 16.1. The fourth-order valence-corrected chi connectivity index (χ4v) is 8.07. The maximum absolute atomic E-state index is 14.2. The molecular weight excluding hydrogens is 849 g/mol. The zero-order valence-corrected chi connectivity index (χ0v) is 39.8. The lowest BCUT2D eigenvalue weighted by Crippen LogP contribution is -2.60. The van der Waals surface area contributed by atoms with Gasteiger partial charge in [0.25, 0.3) is 10.1 Å². The van der Waals surface area contributed by atoms with E-state index in [1.165, 1.54) is 24.1 Å². The molecule has 0 saturated carbocycles. The molecule has 64 heavy (non-hydrogen) atoms. The van der Waals surface area contributed by atoms with Crippen LogP contribution in [-0.2, 0) is 63.5 Å². The Kier molecular flexibility index (Phi) is 20.0. The molecular formula is C46H70N4O13S. The average molecular weight is 919 g/mol. The van der Waals surface area contributed by atoms with Gasteiger partial charge in [0.2, 0.25) is 17.7 Å². The van der Waals surface area contributed by atoms with Crippen LogP contribution in [0, 0.1) is 12.3 Å². The summed E-state index contributed by atoms with van der Waals surface area (Å²) in [5.74, 6) is -1.17. The molecule has 17 nitrogen and oxygen atoms in total. The van der Waals surface area contributed by atoms with Crippen LogP contribution >= 0.6 is 0 Å². The molecule has 4 rings (SSSR count). The van der Waals surface area contributed by atoms with Crippen LogP contribution < -0.4 is 10.6 Å². The monoisotopic (exact) mass is 918 g/mol. The number of aryl methyl sites for hydroxylation is 1. The zero-order chi connectivity index (χ0) is 47.1. The van der Waals surface area contributed by atoms with E-state index in [1.807, 2.05) is 52.0 Å². The number of hydrogen-bond acceptors (Lipinski definition) is 13. The standard InChI is InChI=1S/C46H70N4O13S/c1-32-16-18-35(19-17-32)64(55,56)62-30-28-60-26-24-58-22-21-57-23-25-59-27-29-61-38-31-34-13-10-11-14-36(34)39(38)47-42(52)37-15-12-20-50(37)43(53)40(45(3,4)5)48-41(51)33(2)49(9)44(54)63-46(6,7)8/h10-11,13-14,16-19,33,37-40H,12,15,20-31H2,1-9H3,(H,47,52)(H,48,51)/t33-,37-,38+,39-,40+/m0/s1. The molecule has 358 valence electrons. The smallest absolute Gasteiger partial charge is 0.410 e.